The van der Waals surface area contributed by atoms with Gasteiger partial charge in [-0.25, -0.2) is 0 Å². The third kappa shape index (κ3) is 2.31. The van der Waals surface area contributed by atoms with Crippen LogP contribution in [-0.2, 0) is 16.0 Å². The van der Waals surface area contributed by atoms with E-state index >= 15 is 0 Å². The first-order chi connectivity index (χ1) is 8.65. The summed E-state index contributed by atoms with van der Waals surface area (Å²) in [6, 6.07) is 6.05. The zero-order chi connectivity index (χ0) is 13.1. The molecule has 0 atom stereocenters. The molecule has 0 radical (unpaired) electrons. The zero-order valence-electron chi connectivity index (χ0n) is 10.8. The maximum atomic E-state index is 11.2. The van der Waals surface area contributed by atoms with Gasteiger partial charge < -0.3 is 14.6 Å². The predicted molar refractivity (Wildman–Crippen MR) is 67.9 cm³/mol. The van der Waals surface area contributed by atoms with Gasteiger partial charge >= 0.3 is 0 Å². The maximum absolute atomic E-state index is 11.2. The van der Waals surface area contributed by atoms with Crippen molar-refractivity contribution < 1.29 is 14.6 Å². The Morgan fingerprint density at radius 3 is 2.89 bits per heavy atom. The average Bonchev–Trinajstić information content (AvgIpc) is 2.53. The fraction of sp³-hybridized carbons (Fsp3) is 0.400. The molecular weight excluding hydrogens is 228 g/mol. The van der Waals surface area contributed by atoms with Crippen LogP contribution >= 0.6 is 0 Å². The van der Waals surface area contributed by atoms with Crippen molar-refractivity contribution in [2.45, 2.75) is 26.7 Å². The second-order valence-electron chi connectivity index (χ2n) is 4.51. The Hall–Kier alpha value is -1.61. The Morgan fingerprint density at radius 2 is 2.22 bits per heavy atom. The van der Waals surface area contributed by atoms with Crippen LogP contribution in [0.25, 0.3) is 5.57 Å². The van der Waals surface area contributed by atoms with E-state index in [2.05, 4.69) is 0 Å². The minimum Gasteiger partial charge on any atom is -0.545 e. The van der Waals surface area contributed by atoms with Gasteiger partial charge in [-0.3, -0.25) is 0 Å². The van der Waals surface area contributed by atoms with Crippen molar-refractivity contribution in [1.82, 2.24) is 0 Å². The Kier molecular flexibility index (Phi) is 3.82. The van der Waals surface area contributed by atoms with E-state index in [9.17, 15) is 9.90 Å². The number of rotatable bonds is 2. The quantitative estimate of drug-likeness (QED) is 0.742. The molecule has 0 fully saturated rings. The van der Waals surface area contributed by atoms with Gasteiger partial charge in [0.05, 0.1) is 19.2 Å². The fourth-order valence-corrected chi connectivity index (χ4v) is 2.52. The molecule has 0 aliphatic carbocycles. The Morgan fingerprint density at radius 1 is 1.44 bits per heavy atom. The van der Waals surface area contributed by atoms with Gasteiger partial charge in [0.1, 0.15) is 0 Å². The number of aliphatic carboxylic acids is 1. The van der Waals surface area contributed by atoms with Crippen LogP contribution in [0.3, 0.4) is 0 Å². The van der Waals surface area contributed by atoms with E-state index in [0.717, 1.165) is 28.7 Å². The van der Waals surface area contributed by atoms with Crippen LogP contribution in [0.4, 0.5) is 0 Å². The third-order valence-corrected chi connectivity index (χ3v) is 3.39. The standard InChI is InChI=1S/C15H18O3/c1-3-12(15(16)17)13-9-18-8-7-11-6-4-5-10(2)14(11)13/h4-6H,3,7-9H2,1-2H3,(H,16,17)/p-1. The maximum Gasteiger partial charge on any atom is 0.0726 e. The van der Waals surface area contributed by atoms with Crippen LogP contribution in [-0.4, -0.2) is 19.2 Å². The Labute approximate surface area is 107 Å². The van der Waals surface area contributed by atoms with Crippen LogP contribution in [0.1, 0.15) is 30.0 Å². The Balaban J connectivity index is 2.67. The summed E-state index contributed by atoms with van der Waals surface area (Å²) in [6.45, 7) is 4.83. The molecule has 0 bridgehead atoms. The van der Waals surface area contributed by atoms with Gasteiger partial charge in [0, 0.05) is 0 Å². The predicted octanol–water partition coefficient (Wildman–Crippen LogP) is 1.48. The summed E-state index contributed by atoms with van der Waals surface area (Å²) < 4.78 is 5.53. The number of carboxylic acid groups (broad SMARTS) is 1. The highest BCUT2D eigenvalue weighted by Crippen LogP contribution is 2.30. The van der Waals surface area contributed by atoms with Crippen molar-refractivity contribution in [2.75, 3.05) is 13.2 Å². The summed E-state index contributed by atoms with van der Waals surface area (Å²) >= 11 is 0. The minimum atomic E-state index is -1.09. The van der Waals surface area contributed by atoms with Crippen molar-refractivity contribution in [3.8, 4) is 0 Å². The van der Waals surface area contributed by atoms with E-state index in [-0.39, 0.29) is 0 Å². The summed E-state index contributed by atoms with van der Waals surface area (Å²) in [5, 5.41) is 11.2. The molecule has 1 aromatic rings. The highest BCUT2D eigenvalue weighted by atomic mass is 16.5. The van der Waals surface area contributed by atoms with Gasteiger partial charge in [-0.05, 0) is 47.6 Å². The molecule has 0 unspecified atom stereocenters. The minimum absolute atomic E-state index is 0.354. The molecule has 0 aromatic heterocycles. The fourth-order valence-electron chi connectivity index (χ4n) is 2.52. The van der Waals surface area contributed by atoms with E-state index in [1.807, 2.05) is 32.0 Å². The van der Waals surface area contributed by atoms with Gasteiger partial charge in [0.2, 0.25) is 0 Å². The zero-order valence-corrected chi connectivity index (χ0v) is 10.8. The van der Waals surface area contributed by atoms with E-state index < -0.39 is 5.97 Å². The lowest BCUT2D eigenvalue weighted by Crippen LogP contribution is -2.26. The lowest BCUT2D eigenvalue weighted by atomic mass is 9.90. The number of benzene rings is 1. The number of carbonyl (C=O) groups is 1. The SMILES string of the molecule is CCC(C(=O)[O-])=C1COCCc2cccc(C)c21. The molecule has 2 rings (SSSR count). The number of carboxylic acids is 1. The van der Waals surface area contributed by atoms with Crippen LogP contribution in [0.5, 0.6) is 0 Å². The highest BCUT2D eigenvalue weighted by Gasteiger charge is 2.18. The molecule has 0 N–H and O–H groups in total. The summed E-state index contributed by atoms with van der Waals surface area (Å²) in [7, 11) is 0. The number of hydrogen-bond acceptors (Lipinski definition) is 3. The monoisotopic (exact) mass is 245 g/mol. The lowest BCUT2D eigenvalue weighted by molar-refractivity contribution is -0.299. The summed E-state index contributed by atoms with van der Waals surface area (Å²) in [6.07, 6.45) is 1.28. The third-order valence-electron chi connectivity index (χ3n) is 3.39. The van der Waals surface area contributed by atoms with E-state index in [0.29, 0.717) is 25.2 Å². The highest BCUT2D eigenvalue weighted by molar-refractivity contribution is 5.96. The molecule has 18 heavy (non-hydrogen) atoms. The number of carbonyl (C=O) groups excluding carboxylic acids is 1. The van der Waals surface area contributed by atoms with Crippen molar-refractivity contribution in [3.63, 3.8) is 0 Å². The summed E-state index contributed by atoms with van der Waals surface area (Å²) in [5.74, 6) is -1.09. The van der Waals surface area contributed by atoms with Crippen LogP contribution in [0.2, 0.25) is 0 Å². The second kappa shape index (κ2) is 5.36. The number of aryl methyl sites for hydroxylation is 1. The molecule has 0 saturated carbocycles. The number of ether oxygens (including phenoxy) is 1. The Bertz CT molecular complexity index is 500. The molecule has 3 nitrogen and oxygen atoms in total. The molecule has 1 heterocycles. The average molecular weight is 245 g/mol. The molecule has 0 spiro atoms. The van der Waals surface area contributed by atoms with Crippen molar-refractivity contribution >= 4 is 11.5 Å². The molecule has 0 amide bonds. The van der Waals surface area contributed by atoms with Gasteiger partial charge in [0.25, 0.3) is 0 Å². The van der Waals surface area contributed by atoms with E-state index in [4.69, 9.17) is 4.74 Å². The summed E-state index contributed by atoms with van der Waals surface area (Å²) in [5.41, 5.74) is 4.43. The summed E-state index contributed by atoms with van der Waals surface area (Å²) in [4.78, 5) is 11.2. The van der Waals surface area contributed by atoms with Crippen molar-refractivity contribution in [1.29, 1.82) is 0 Å². The molecule has 1 aliphatic rings. The molecule has 0 saturated heterocycles. The van der Waals surface area contributed by atoms with Gasteiger partial charge in [-0.2, -0.15) is 0 Å². The van der Waals surface area contributed by atoms with Crippen molar-refractivity contribution in [3.05, 3.63) is 40.5 Å². The first-order valence-corrected chi connectivity index (χ1v) is 6.25. The van der Waals surface area contributed by atoms with Crippen LogP contribution in [0.15, 0.2) is 23.8 Å². The van der Waals surface area contributed by atoms with Crippen LogP contribution < -0.4 is 5.11 Å². The van der Waals surface area contributed by atoms with E-state index in [1.54, 1.807) is 0 Å². The molecular formula is C15H17O3-. The smallest absolute Gasteiger partial charge is 0.0726 e. The van der Waals surface area contributed by atoms with E-state index in [1.165, 1.54) is 0 Å². The number of hydrogen-bond donors (Lipinski definition) is 0. The lowest BCUT2D eigenvalue weighted by Gasteiger charge is -2.17. The molecule has 1 aromatic carbocycles. The van der Waals surface area contributed by atoms with Gasteiger partial charge in [-0.1, -0.05) is 25.1 Å². The van der Waals surface area contributed by atoms with Gasteiger partial charge in [-0.15, -0.1) is 0 Å². The largest absolute Gasteiger partial charge is 0.545 e. The first-order valence-electron chi connectivity index (χ1n) is 6.25. The van der Waals surface area contributed by atoms with Crippen LogP contribution in [0, 0.1) is 6.92 Å². The van der Waals surface area contributed by atoms with Gasteiger partial charge in [0.15, 0.2) is 0 Å². The normalized spacial score (nSPS) is 17.9. The topological polar surface area (TPSA) is 49.4 Å². The second-order valence-corrected chi connectivity index (χ2v) is 4.51. The molecule has 3 heteroatoms. The first kappa shape index (κ1) is 12.8. The van der Waals surface area contributed by atoms with Crippen molar-refractivity contribution in [2.24, 2.45) is 0 Å². The number of fused-ring (bicyclic) bond motifs is 1. The molecule has 1 aliphatic heterocycles. The molecule has 96 valence electrons.